The van der Waals surface area contributed by atoms with E-state index in [1.165, 1.54) is 30.8 Å². The van der Waals surface area contributed by atoms with Crippen LogP contribution in [0.15, 0.2) is 0 Å². The Morgan fingerprint density at radius 2 is 2.12 bits per heavy atom. The van der Waals surface area contributed by atoms with Crippen LogP contribution in [0.4, 0.5) is 4.79 Å². The molecule has 0 saturated carbocycles. The van der Waals surface area contributed by atoms with E-state index in [4.69, 9.17) is 5.11 Å². The molecule has 0 atom stereocenters. The van der Waals surface area contributed by atoms with Crippen LogP contribution < -0.4 is 5.32 Å². The summed E-state index contributed by atoms with van der Waals surface area (Å²) in [7, 11) is 3.85. The van der Waals surface area contributed by atoms with Crippen molar-refractivity contribution in [2.45, 2.75) is 19.3 Å². The lowest BCUT2D eigenvalue weighted by Crippen LogP contribution is -2.40. The third-order valence-electron chi connectivity index (χ3n) is 3.45. The molecule has 0 aromatic rings. The zero-order chi connectivity index (χ0) is 12.7. The minimum absolute atomic E-state index is 0.0128. The summed E-state index contributed by atoms with van der Waals surface area (Å²) >= 11 is 0. The summed E-state index contributed by atoms with van der Waals surface area (Å²) in [5.74, 6) is 0.745. The van der Waals surface area contributed by atoms with Gasteiger partial charge in [0.1, 0.15) is 0 Å². The van der Waals surface area contributed by atoms with Crippen LogP contribution in [0.1, 0.15) is 19.3 Å². The molecule has 0 spiro atoms. The Morgan fingerprint density at radius 3 is 2.71 bits per heavy atom. The first-order valence-electron chi connectivity index (χ1n) is 6.42. The number of hydrogen-bond acceptors (Lipinski definition) is 3. The number of carbonyl (C=O) groups excluding carboxylic acids is 1. The van der Waals surface area contributed by atoms with E-state index in [1.54, 1.807) is 7.05 Å². The van der Waals surface area contributed by atoms with Crippen LogP contribution in [0.3, 0.4) is 0 Å². The van der Waals surface area contributed by atoms with Crippen LogP contribution in [0.2, 0.25) is 0 Å². The maximum atomic E-state index is 11.5. The van der Waals surface area contributed by atoms with Crippen LogP contribution in [0.5, 0.6) is 0 Å². The van der Waals surface area contributed by atoms with E-state index < -0.39 is 0 Å². The summed E-state index contributed by atoms with van der Waals surface area (Å²) in [6, 6.07) is -0.0908. The zero-order valence-corrected chi connectivity index (χ0v) is 11.0. The summed E-state index contributed by atoms with van der Waals surface area (Å²) in [6.45, 7) is 3.48. The first kappa shape index (κ1) is 14.3. The monoisotopic (exact) mass is 243 g/mol. The number of likely N-dealkylation sites (N-methyl/N-ethyl adjacent to an activating group) is 1. The smallest absolute Gasteiger partial charge is 0.317 e. The molecule has 1 rings (SSSR count). The number of aliphatic hydroxyl groups excluding tert-OH is 1. The molecule has 17 heavy (non-hydrogen) atoms. The molecule has 1 aliphatic rings. The number of rotatable bonds is 5. The van der Waals surface area contributed by atoms with Crippen molar-refractivity contribution in [2.75, 3.05) is 46.9 Å². The van der Waals surface area contributed by atoms with E-state index in [0.717, 1.165) is 18.9 Å². The predicted octanol–water partition coefficient (Wildman–Crippen LogP) is 0.352. The van der Waals surface area contributed by atoms with Crippen LogP contribution in [-0.4, -0.2) is 67.8 Å². The third-order valence-corrected chi connectivity index (χ3v) is 3.45. The zero-order valence-electron chi connectivity index (χ0n) is 11.0. The van der Waals surface area contributed by atoms with Gasteiger partial charge in [-0.15, -0.1) is 0 Å². The highest BCUT2D eigenvalue weighted by Gasteiger charge is 2.16. The van der Waals surface area contributed by atoms with Gasteiger partial charge in [-0.3, -0.25) is 0 Å². The van der Waals surface area contributed by atoms with E-state index in [2.05, 4.69) is 17.3 Å². The maximum Gasteiger partial charge on any atom is 0.317 e. The number of nitrogens with zero attached hydrogens (tertiary/aromatic N) is 2. The molecule has 1 fully saturated rings. The van der Waals surface area contributed by atoms with E-state index in [-0.39, 0.29) is 12.6 Å². The van der Waals surface area contributed by atoms with Gasteiger partial charge in [0.2, 0.25) is 0 Å². The van der Waals surface area contributed by atoms with Crippen molar-refractivity contribution < 1.29 is 9.90 Å². The van der Waals surface area contributed by atoms with Gasteiger partial charge in [0.05, 0.1) is 6.61 Å². The molecular formula is C12H25N3O2. The van der Waals surface area contributed by atoms with Crippen LogP contribution in [-0.2, 0) is 0 Å². The average molecular weight is 243 g/mol. The molecule has 2 N–H and O–H groups in total. The normalized spacial score (nSPS) is 18.1. The molecule has 0 aliphatic carbocycles. The highest BCUT2D eigenvalue weighted by molar-refractivity contribution is 5.73. The lowest BCUT2D eigenvalue weighted by molar-refractivity contribution is 0.186. The second-order valence-electron chi connectivity index (χ2n) is 4.91. The van der Waals surface area contributed by atoms with Crippen molar-refractivity contribution in [1.82, 2.24) is 15.1 Å². The number of nitrogens with one attached hydrogen (secondary N) is 1. The fourth-order valence-corrected chi connectivity index (χ4v) is 2.12. The molecule has 2 amide bonds. The van der Waals surface area contributed by atoms with Gasteiger partial charge >= 0.3 is 6.03 Å². The largest absolute Gasteiger partial charge is 0.395 e. The molecule has 0 radical (unpaired) electrons. The van der Waals surface area contributed by atoms with Crippen molar-refractivity contribution in [3.8, 4) is 0 Å². The lowest BCUT2D eigenvalue weighted by Gasteiger charge is -2.29. The van der Waals surface area contributed by atoms with E-state index in [0.29, 0.717) is 6.54 Å². The van der Waals surface area contributed by atoms with Gasteiger partial charge in [-0.1, -0.05) is 0 Å². The summed E-state index contributed by atoms with van der Waals surface area (Å²) in [4.78, 5) is 15.4. The molecule has 1 aliphatic heterocycles. The Bertz CT molecular complexity index is 228. The van der Waals surface area contributed by atoms with Crippen molar-refractivity contribution >= 4 is 6.03 Å². The number of carbonyl (C=O) groups is 1. The number of likely N-dealkylation sites (tertiary alicyclic amines) is 1. The number of aliphatic hydroxyl groups is 1. The van der Waals surface area contributed by atoms with Crippen LogP contribution in [0.25, 0.3) is 0 Å². The first-order chi connectivity index (χ1) is 8.13. The summed E-state index contributed by atoms with van der Waals surface area (Å²) in [5, 5.41) is 11.6. The summed E-state index contributed by atoms with van der Waals surface area (Å²) in [5.41, 5.74) is 0. The SMILES string of the molecule is CN1CCC(CCNC(=O)N(C)CCO)CC1. The summed E-state index contributed by atoms with van der Waals surface area (Å²) < 4.78 is 0. The van der Waals surface area contributed by atoms with Crippen molar-refractivity contribution in [1.29, 1.82) is 0 Å². The predicted molar refractivity (Wildman–Crippen MR) is 68.0 cm³/mol. The molecule has 1 saturated heterocycles. The second kappa shape index (κ2) is 7.50. The van der Waals surface area contributed by atoms with Gasteiger partial charge < -0.3 is 20.2 Å². The van der Waals surface area contributed by atoms with E-state index in [1.807, 2.05) is 0 Å². The average Bonchev–Trinajstić information content (AvgIpc) is 2.32. The van der Waals surface area contributed by atoms with Crippen LogP contribution >= 0.6 is 0 Å². The Kier molecular flexibility index (Phi) is 6.29. The standard InChI is InChI=1S/C12H25N3O2/c1-14-7-4-11(5-8-14)3-6-13-12(17)15(2)9-10-16/h11,16H,3-10H2,1-2H3,(H,13,17). The van der Waals surface area contributed by atoms with Gasteiger partial charge in [-0.2, -0.15) is 0 Å². The van der Waals surface area contributed by atoms with E-state index in [9.17, 15) is 4.79 Å². The first-order valence-corrected chi connectivity index (χ1v) is 6.42. The van der Waals surface area contributed by atoms with Gasteiger partial charge in [-0.25, -0.2) is 4.79 Å². The number of urea groups is 1. The fraction of sp³-hybridized carbons (Fsp3) is 0.917. The molecule has 0 aromatic heterocycles. The molecule has 0 unspecified atom stereocenters. The summed E-state index contributed by atoms with van der Waals surface area (Å²) in [6.07, 6.45) is 3.53. The minimum atomic E-state index is -0.0908. The van der Waals surface area contributed by atoms with Gasteiger partial charge in [0.25, 0.3) is 0 Å². The Hall–Kier alpha value is -0.810. The van der Waals surface area contributed by atoms with Gasteiger partial charge in [-0.05, 0) is 45.3 Å². The highest BCUT2D eigenvalue weighted by Crippen LogP contribution is 2.18. The Balaban J connectivity index is 2.09. The second-order valence-corrected chi connectivity index (χ2v) is 4.91. The Labute approximate surface area is 104 Å². The number of piperidine rings is 1. The third kappa shape index (κ3) is 5.37. The van der Waals surface area contributed by atoms with Gasteiger partial charge in [0, 0.05) is 20.1 Å². The van der Waals surface area contributed by atoms with Crippen molar-refractivity contribution in [3.63, 3.8) is 0 Å². The highest BCUT2D eigenvalue weighted by atomic mass is 16.3. The molecule has 100 valence electrons. The molecule has 5 nitrogen and oxygen atoms in total. The molecule has 0 aromatic carbocycles. The van der Waals surface area contributed by atoms with Crippen LogP contribution in [0, 0.1) is 5.92 Å². The fourth-order valence-electron chi connectivity index (χ4n) is 2.12. The quantitative estimate of drug-likeness (QED) is 0.732. The molecule has 5 heteroatoms. The number of hydrogen-bond donors (Lipinski definition) is 2. The lowest BCUT2D eigenvalue weighted by atomic mass is 9.94. The number of amides is 2. The van der Waals surface area contributed by atoms with Crippen molar-refractivity contribution in [2.24, 2.45) is 5.92 Å². The minimum Gasteiger partial charge on any atom is -0.395 e. The van der Waals surface area contributed by atoms with Crippen molar-refractivity contribution in [3.05, 3.63) is 0 Å². The molecule has 1 heterocycles. The maximum absolute atomic E-state index is 11.5. The topological polar surface area (TPSA) is 55.8 Å². The Morgan fingerprint density at radius 1 is 1.47 bits per heavy atom. The van der Waals surface area contributed by atoms with Gasteiger partial charge in [0.15, 0.2) is 0 Å². The molecular weight excluding hydrogens is 218 g/mol. The van der Waals surface area contributed by atoms with E-state index >= 15 is 0 Å². The molecule has 0 bridgehead atoms.